The SMILES string of the molecule is CN(Cc1ccco1)C(=O)CN1CCN(C(=O)c2cccc(Cl)c2)CC1. The van der Waals surface area contributed by atoms with Crippen LogP contribution in [0.1, 0.15) is 16.1 Å². The molecule has 0 atom stereocenters. The van der Waals surface area contributed by atoms with E-state index in [1.54, 1.807) is 47.4 Å². The molecule has 1 aromatic heterocycles. The van der Waals surface area contributed by atoms with Gasteiger partial charge in [-0.25, -0.2) is 0 Å². The van der Waals surface area contributed by atoms with Gasteiger partial charge in [0.15, 0.2) is 0 Å². The number of benzene rings is 1. The molecule has 3 rings (SSSR count). The Hall–Kier alpha value is -2.31. The van der Waals surface area contributed by atoms with Crippen LogP contribution in [0.2, 0.25) is 5.02 Å². The van der Waals surface area contributed by atoms with Crippen LogP contribution >= 0.6 is 11.6 Å². The minimum Gasteiger partial charge on any atom is -0.467 e. The van der Waals surface area contributed by atoms with Gasteiger partial charge in [-0.3, -0.25) is 14.5 Å². The van der Waals surface area contributed by atoms with Crippen LogP contribution in [-0.4, -0.2) is 66.3 Å². The van der Waals surface area contributed by atoms with E-state index in [1.807, 2.05) is 12.1 Å². The summed E-state index contributed by atoms with van der Waals surface area (Å²) in [6.45, 7) is 3.34. The number of hydrogen-bond acceptors (Lipinski definition) is 4. The number of rotatable bonds is 5. The second-order valence-electron chi connectivity index (χ2n) is 6.41. The van der Waals surface area contributed by atoms with Gasteiger partial charge in [0.05, 0.1) is 19.4 Å². The molecule has 0 aliphatic carbocycles. The smallest absolute Gasteiger partial charge is 0.253 e. The molecule has 26 heavy (non-hydrogen) atoms. The van der Waals surface area contributed by atoms with Gasteiger partial charge in [0.25, 0.3) is 5.91 Å². The maximum Gasteiger partial charge on any atom is 0.253 e. The lowest BCUT2D eigenvalue weighted by atomic mass is 10.2. The zero-order valence-electron chi connectivity index (χ0n) is 14.7. The van der Waals surface area contributed by atoms with Crippen molar-refractivity contribution < 1.29 is 14.0 Å². The predicted molar refractivity (Wildman–Crippen MR) is 99.0 cm³/mol. The molecule has 0 unspecified atom stereocenters. The third-order valence-electron chi connectivity index (χ3n) is 4.49. The van der Waals surface area contributed by atoms with Crippen molar-refractivity contribution in [3.05, 3.63) is 59.0 Å². The molecular formula is C19H22ClN3O3. The molecule has 6 nitrogen and oxygen atoms in total. The van der Waals surface area contributed by atoms with E-state index in [0.717, 1.165) is 5.76 Å². The van der Waals surface area contributed by atoms with Gasteiger partial charge in [-0.15, -0.1) is 0 Å². The first kappa shape index (κ1) is 18.5. The normalized spacial score (nSPS) is 15.1. The zero-order chi connectivity index (χ0) is 18.5. The average Bonchev–Trinajstić information content (AvgIpc) is 3.14. The molecular weight excluding hydrogens is 354 g/mol. The summed E-state index contributed by atoms with van der Waals surface area (Å²) < 4.78 is 5.27. The van der Waals surface area contributed by atoms with E-state index in [9.17, 15) is 9.59 Å². The Kier molecular flexibility index (Phi) is 5.96. The topological polar surface area (TPSA) is 57.0 Å². The fourth-order valence-electron chi connectivity index (χ4n) is 2.95. The van der Waals surface area contributed by atoms with E-state index in [4.69, 9.17) is 16.0 Å². The fourth-order valence-corrected chi connectivity index (χ4v) is 3.14. The molecule has 0 saturated carbocycles. The van der Waals surface area contributed by atoms with Crippen molar-refractivity contribution in [1.29, 1.82) is 0 Å². The summed E-state index contributed by atoms with van der Waals surface area (Å²) in [5.74, 6) is 0.780. The van der Waals surface area contributed by atoms with Crippen molar-refractivity contribution in [3.63, 3.8) is 0 Å². The number of nitrogens with zero attached hydrogens (tertiary/aromatic N) is 3. The Morgan fingerprint density at radius 2 is 1.92 bits per heavy atom. The number of carbonyl (C=O) groups is 2. The number of hydrogen-bond donors (Lipinski definition) is 0. The number of halogens is 1. The average molecular weight is 376 g/mol. The minimum atomic E-state index is -0.0200. The van der Waals surface area contributed by atoms with Gasteiger partial charge >= 0.3 is 0 Å². The molecule has 1 fully saturated rings. The fraction of sp³-hybridized carbons (Fsp3) is 0.368. The summed E-state index contributed by atoms with van der Waals surface area (Å²) in [5.41, 5.74) is 0.597. The van der Waals surface area contributed by atoms with Crippen LogP contribution in [0.4, 0.5) is 0 Å². The monoisotopic (exact) mass is 375 g/mol. The Bertz CT molecular complexity index is 755. The molecule has 138 valence electrons. The first-order valence-electron chi connectivity index (χ1n) is 8.56. The van der Waals surface area contributed by atoms with Crippen LogP contribution < -0.4 is 0 Å². The quantitative estimate of drug-likeness (QED) is 0.805. The molecule has 1 aliphatic heterocycles. The van der Waals surface area contributed by atoms with Crippen molar-refractivity contribution in [2.45, 2.75) is 6.54 Å². The lowest BCUT2D eigenvalue weighted by Gasteiger charge is -2.35. The highest BCUT2D eigenvalue weighted by Crippen LogP contribution is 2.14. The highest BCUT2D eigenvalue weighted by atomic mass is 35.5. The van der Waals surface area contributed by atoms with Gasteiger partial charge in [-0.1, -0.05) is 17.7 Å². The third-order valence-corrected chi connectivity index (χ3v) is 4.72. The highest BCUT2D eigenvalue weighted by molar-refractivity contribution is 6.30. The van der Waals surface area contributed by atoms with Crippen molar-refractivity contribution >= 4 is 23.4 Å². The summed E-state index contributed by atoms with van der Waals surface area (Å²) in [6, 6.07) is 10.6. The maximum absolute atomic E-state index is 12.5. The van der Waals surface area contributed by atoms with Crippen LogP contribution in [0, 0.1) is 0 Å². The number of piperazine rings is 1. The van der Waals surface area contributed by atoms with Gasteiger partial charge in [-0.05, 0) is 30.3 Å². The van der Waals surface area contributed by atoms with Crippen molar-refractivity contribution in [3.8, 4) is 0 Å². The summed E-state index contributed by atoms with van der Waals surface area (Å²) in [7, 11) is 1.77. The first-order valence-corrected chi connectivity index (χ1v) is 8.94. The van der Waals surface area contributed by atoms with E-state index >= 15 is 0 Å². The largest absolute Gasteiger partial charge is 0.467 e. The number of amides is 2. The van der Waals surface area contributed by atoms with Gasteiger partial charge in [0.2, 0.25) is 5.91 Å². The zero-order valence-corrected chi connectivity index (χ0v) is 15.5. The summed E-state index contributed by atoms with van der Waals surface area (Å²) in [6.07, 6.45) is 1.60. The Morgan fingerprint density at radius 1 is 1.15 bits per heavy atom. The van der Waals surface area contributed by atoms with Crippen LogP contribution in [0.5, 0.6) is 0 Å². The first-order chi connectivity index (χ1) is 12.5. The van der Waals surface area contributed by atoms with E-state index < -0.39 is 0 Å². The second kappa shape index (κ2) is 8.38. The van der Waals surface area contributed by atoms with Crippen LogP contribution in [0.25, 0.3) is 0 Å². The van der Waals surface area contributed by atoms with Crippen molar-refractivity contribution in [2.24, 2.45) is 0 Å². The predicted octanol–water partition coefficient (Wildman–Crippen LogP) is 2.35. The standard InChI is InChI=1S/C19H22ClN3O3/c1-21(13-17-6-3-11-26-17)18(24)14-22-7-9-23(10-8-22)19(25)15-4-2-5-16(20)12-15/h2-6,11-12H,7-10,13-14H2,1H3. The van der Waals surface area contributed by atoms with E-state index in [1.165, 1.54) is 0 Å². The van der Waals surface area contributed by atoms with Gasteiger partial charge in [0, 0.05) is 43.8 Å². The molecule has 2 aromatic rings. The van der Waals surface area contributed by atoms with Gasteiger partial charge in [-0.2, -0.15) is 0 Å². The molecule has 0 radical (unpaired) electrons. The van der Waals surface area contributed by atoms with Gasteiger partial charge in [0.1, 0.15) is 5.76 Å². The number of carbonyl (C=O) groups excluding carboxylic acids is 2. The van der Waals surface area contributed by atoms with Crippen LogP contribution in [0.15, 0.2) is 47.1 Å². The maximum atomic E-state index is 12.5. The van der Waals surface area contributed by atoms with E-state index in [0.29, 0.717) is 49.9 Å². The molecule has 0 N–H and O–H groups in total. The molecule has 1 aliphatic rings. The molecule has 0 spiro atoms. The number of likely N-dealkylation sites (N-methyl/N-ethyl adjacent to an activating group) is 1. The van der Waals surface area contributed by atoms with E-state index in [2.05, 4.69) is 4.90 Å². The Labute approximate surface area is 157 Å². The summed E-state index contributed by atoms with van der Waals surface area (Å²) in [5, 5.41) is 0.555. The minimum absolute atomic E-state index is 0.0200. The van der Waals surface area contributed by atoms with Crippen molar-refractivity contribution in [2.75, 3.05) is 39.8 Å². The second-order valence-corrected chi connectivity index (χ2v) is 6.84. The Morgan fingerprint density at radius 3 is 2.58 bits per heavy atom. The summed E-state index contributed by atoms with van der Waals surface area (Å²) in [4.78, 5) is 30.4. The molecule has 1 aromatic carbocycles. The highest BCUT2D eigenvalue weighted by Gasteiger charge is 2.24. The number of furan rings is 1. The molecule has 2 heterocycles. The van der Waals surface area contributed by atoms with Crippen molar-refractivity contribution in [1.82, 2.24) is 14.7 Å². The third kappa shape index (κ3) is 4.65. The van der Waals surface area contributed by atoms with Gasteiger partial charge < -0.3 is 14.2 Å². The lowest BCUT2D eigenvalue weighted by Crippen LogP contribution is -2.51. The molecule has 2 amide bonds. The molecule has 0 bridgehead atoms. The molecule has 7 heteroatoms. The van der Waals surface area contributed by atoms with Crippen LogP contribution in [0.3, 0.4) is 0 Å². The van der Waals surface area contributed by atoms with Crippen LogP contribution in [-0.2, 0) is 11.3 Å². The molecule has 1 saturated heterocycles. The summed E-state index contributed by atoms with van der Waals surface area (Å²) >= 11 is 5.96. The lowest BCUT2D eigenvalue weighted by molar-refractivity contribution is -0.132. The Balaban J connectivity index is 1.47. The van der Waals surface area contributed by atoms with E-state index in [-0.39, 0.29) is 11.8 Å².